The molecule has 0 fully saturated rings. The molecular formula is C18H20N4O2S. The van der Waals surface area contributed by atoms with E-state index in [0.29, 0.717) is 39.8 Å². The van der Waals surface area contributed by atoms with E-state index in [4.69, 9.17) is 0 Å². The Kier molecular flexibility index (Phi) is 6.14. The third kappa shape index (κ3) is 4.17. The van der Waals surface area contributed by atoms with Gasteiger partial charge in [-0.05, 0) is 38.5 Å². The van der Waals surface area contributed by atoms with E-state index in [1.54, 1.807) is 24.0 Å². The van der Waals surface area contributed by atoms with E-state index >= 15 is 0 Å². The largest absolute Gasteiger partial charge is 0.338 e. The number of hydrogen-bond donors (Lipinski definition) is 2. The molecule has 1 aromatic heterocycles. The van der Waals surface area contributed by atoms with Crippen LogP contribution in [0.4, 0.5) is 15.5 Å². The summed E-state index contributed by atoms with van der Waals surface area (Å²) in [5.74, 6) is -0.125. The fourth-order valence-electron chi connectivity index (χ4n) is 2.38. The number of hydrogen-bond acceptors (Lipinski definition) is 4. The minimum Gasteiger partial charge on any atom is -0.338 e. The summed E-state index contributed by atoms with van der Waals surface area (Å²) >= 11 is 1.13. The number of thiophene rings is 1. The minimum atomic E-state index is -0.453. The molecule has 6 nitrogen and oxygen atoms in total. The van der Waals surface area contributed by atoms with Crippen molar-refractivity contribution in [1.82, 2.24) is 4.90 Å². The van der Waals surface area contributed by atoms with Crippen molar-refractivity contribution in [2.24, 2.45) is 0 Å². The molecule has 1 aromatic carbocycles. The molecule has 0 radical (unpaired) electrons. The van der Waals surface area contributed by atoms with Gasteiger partial charge in [0.1, 0.15) is 11.1 Å². The Morgan fingerprint density at radius 3 is 2.36 bits per heavy atom. The zero-order valence-corrected chi connectivity index (χ0v) is 15.2. The molecule has 0 bridgehead atoms. The lowest BCUT2D eigenvalue weighted by atomic mass is 10.1. The number of carbonyl (C=O) groups excluding carboxylic acids is 2. The monoisotopic (exact) mass is 356 g/mol. The van der Waals surface area contributed by atoms with Crippen molar-refractivity contribution in [1.29, 1.82) is 5.26 Å². The van der Waals surface area contributed by atoms with Gasteiger partial charge in [0, 0.05) is 18.8 Å². The Hall–Kier alpha value is -2.85. The Morgan fingerprint density at radius 1 is 1.16 bits per heavy atom. The molecule has 0 atom stereocenters. The lowest BCUT2D eigenvalue weighted by Crippen LogP contribution is -2.30. The van der Waals surface area contributed by atoms with Crippen LogP contribution in [0.3, 0.4) is 0 Å². The minimum absolute atomic E-state index is 0.125. The molecule has 7 heteroatoms. The average molecular weight is 356 g/mol. The highest BCUT2D eigenvalue weighted by Crippen LogP contribution is 2.33. The van der Waals surface area contributed by atoms with Gasteiger partial charge in [0.05, 0.1) is 10.4 Å². The number of anilines is 2. The molecule has 2 N–H and O–H groups in total. The van der Waals surface area contributed by atoms with E-state index in [-0.39, 0.29) is 5.91 Å². The third-order valence-electron chi connectivity index (χ3n) is 3.76. The van der Waals surface area contributed by atoms with Gasteiger partial charge in [-0.15, -0.1) is 11.3 Å². The van der Waals surface area contributed by atoms with E-state index in [0.717, 1.165) is 11.3 Å². The molecular weight excluding hydrogens is 336 g/mol. The average Bonchev–Trinajstić information content (AvgIpc) is 2.91. The van der Waals surface area contributed by atoms with Crippen molar-refractivity contribution in [3.05, 3.63) is 46.3 Å². The summed E-state index contributed by atoms with van der Waals surface area (Å²) in [7, 11) is 0. The van der Waals surface area contributed by atoms with Crippen molar-refractivity contribution in [2.45, 2.75) is 20.8 Å². The summed E-state index contributed by atoms with van der Waals surface area (Å²) in [6.45, 7) is 6.72. The first-order valence-electron chi connectivity index (χ1n) is 7.97. The number of nitrogens with zero attached hydrogens (tertiary/aromatic N) is 2. The van der Waals surface area contributed by atoms with Crippen molar-refractivity contribution < 1.29 is 9.59 Å². The van der Waals surface area contributed by atoms with E-state index in [9.17, 15) is 14.9 Å². The van der Waals surface area contributed by atoms with Crippen LogP contribution in [0.15, 0.2) is 30.3 Å². The second-order valence-electron chi connectivity index (χ2n) is 5.29. The zero-order valence-electron chi connectivity index (χ0n) is 14.4. The van der Waals surface area contributed by atoms with Crippen LogP contribution in [0.5, 0.6) is 0 Å². The standard InChI is InChI=1S/C18H20N4O2S/c1-4-22(5-2)17(23)15-12(3)14(11-19)16(25-15)21-18(24)20-13-9-7-6-8-10-13/h6-10H,4-5H2,1-3H3,(H2,20,21,24). The zero-order chi connectivity index (χ0) is 18.4. The lowest BCUT2D eigenvalue weighted by Gasteiger charge is -2.17. The summed E-state index contributed by atoms with van der Waals surface area (Å²) < 4.78 is 0. The molecule has 0 saturated heterocycles. The highest BCUT2D eigenvalue weighted by atomic mass is 32.1. The van der Waals surface area contributed by atoms with Gasteiger partial charge < -0.3 is 10.2 Å². The molecule has 0 spiro atoms. The quantitative estimate of drug-likeness (QED) is 0.847. The van der Waals surface area contributed by atoms with Gasteiger partial charge in [0.25, 0.3) is 5.91 Å². The molecule has 0 unspecified atom stereocenters. The maximum atomic E-state index is 12.6. The second-order valence-corrected chi connectivity index (χ2v) is 6.32. The molecule has 25 heavy (non-hydrogen) atoms. The van der Waals surface area contributed by atoms with Gasteiger partial charge in [-0.3, -0.25) is 10.1 Å². The van der Waals surface area contributed by atoms with Crippen LogP contribution in [0.2, 0.25) is 0 Å². The summed E-state index contributed by atoms with van der Waals surface area (Å²) in [5.41, 5.74) is 1.56. The summed E-state index contributed by atoms with van der Waals surface area (Å²) in [4.78, 5) is 26.9. The van der Waals surface area contributed by atoms with Gasteiger partial charge >= 0.3 is 6.03 Å². The molecule has 0 aliphatic carbocycles. The summed E-state index contributed by atoms with van der Waals surface area (Å²) in [6.07, 6.45) is 0. The van der Waals surface area contributed by atoms with Gasteiger partial charge in [-0.25, -0.2) is 4.79 Å². The number of nitriles is 1. The first-order chi connectivity index (χ1) is 12.0. The van der Waals surface area contributed by atoms with Crippen LogP contribution in [0.25, 0.3) is 0 Å². The smallest absolute Gasteiger partial charge is 0.324 e. The molecule has 130 valence electrons. The second kappa shape index (κ2) is 8.31. The third-order valence-corrected chi connectivity index (χ3v) is 4.96. The first-order valence-corrected chi connectivity index (χ1v) is 8.79. The molecule has 2 rings (SSSR count). The van der Waals surface area contributed by atoms with Crippen LogP contribution in [0.1, 0.15) is 34.6 Å². The molecule has 3 amide bonds. The van der Waals surface area contributed by atoms with Gasteiger partial charge in [-0.1, -0.05) is 18.2 Å². The Labute approximate surface area is 151 Å². The molecule has 0 aliphatic rings. The highest BCUT2D eigenvalue weighted by molar-refractivity contribution is 7.18. The van der Waals surface area contributed by atoms with Crippen molar-refractivity contribution >= 4 is 34.0 Å². The van der Waals surface area contributed by atoms with Crippen LogP contribution in [-0.2, 0) is 0 Å². The molecule has 2 aromatic rings. The Bertz CT molecular complexity index is 804. The van der Waals surface area contributed by atoms with Crippen LogP contribution < -0.4 is 10.6 Å². The fourth-order valence-corrected chi connectivity index (χ4v) is 3.50. The first kappa shape index (κ1) is 18.5. The number of rotatable bonds is 5. The Balaban J connectivity index is 2.24. The van der Waals surface area contributed by atoms with Gasteiger partial charge in [-0.2, -0.15) is 5.26 Å². The number of benzene rings is 1. The van der Waals surface area contributed by atoms with Crippen molar-refractivity contribution in [2.75, 3.05) is 23.7 Å². The van der Waals surface area contributed by atoms with Gasteiger partial charge in [0.15, 0.2) is 0 Å². The summed E-state index contributed by atoms with van der Waals surface area (Å²) in [5, 5.41) is 15.2. The topological polar surface area (TPSA) is 85.2 Å². The number of carbonyl (C=O) groups is 2. The SMILES string of the molecule is CCN(CC)C(=O)c1sc(NC(=O)Nc2ccccc2)c(C#N)c1C. The maximum absolute atomic E-state index is 12.6. The van der Waals surface area contributed by atoms with Crippen molar-refractivity contribution in [3.8, 4) is 6.07 Å². The predicted octanol–water partition coefficient (Wildman–Crippen LogP) is 4.05. The molecule has 0 aliphatic heterocycles. The van der Waals surface area contributed by atoms with E-state index in [1.165, 1.54) is 0 Å². The summed E-state index contributed by atoms with van der Waals surface area (Å²) in [6, 6.07) is 10.6. The number of urea groups is 1. The van der Waals surface area contributed by atoms with Crippen molar-refractivity contribution in [3.63, 3.8) is 0 Å². The van der Waals surface area contributed by atoms with E-state index in [2.05, 4.69) is 16.7 Å². The van der Waals surface area contributed by atoms with Crippen LogP contribution in [-0.4, -0.2) is 29.9 Å². The Morgan fingerprint density at radius 2 is 1.80 bits per heavy atom. The van der Waals surface area contributed by atoms with Crippen LogP contribution >= 0.6 is 11.3 Å². The van der Waals surface area contributed by atoms with E-state index < -0.39 is 6.03 Å². The number of amides is 3. The lowest BCUT2D eigenvalue weighted by molar-refractivity contribution is 0.0777. The number of para-hydroxylation sites is 1. The highest BCUT2D eigenvalue weighted by Gasteiger charge is 2.23. The fraction of sp³-hybridized carbons (Fsp3) is 0.278. The molecule has 0 saturated carbocycles. The van der Waals surface area contributed by atoms with E-state index in [1.807, 2.05) is 32.0 Å². The number of nitrogens with one attached hydrogen (secondary N) is 2. The normalized spacial score (nSPS) is 10.0. The van der Waals surface area contributed by atoms with Gasteiger partial charge in [0.2, 0.25) is 0 Å². The van der Waals surface area contributed by atoms with Crippen LogP contribution in [0, 0.1) is 18.3 Å². The molecule has 1 heterocycles. The maximum Gasteiger partial charge on any atom is 0.324 e. The predicted molar refractivity (Wildman–Crippen MR) is 100 cm³/mol.